The number of rotatable bonds is 4. The van der Waals surface area contributed by atoms with Crippen LogP contribution < -0.4 is 0 Å². The minimum atomic E-state index is 0. The molecule has 0 rings (SSSR count). The highest BCUT2D eigenvalue weighted by Crippen LogP contribution is 1.83. The van der Waals surface area contributed by atoms with Gasteiger partial charge in [0.1, 0.15) is 21.3 Å². The Bertz CT molecular complexity index is 62.5. The van der Waals surface area contributed by atoms with Crippen LogP contribution in [0.4, 0.5) is 0 Å². The molecule has 0 saturated heterocycles. The van der Waals surface area contributed by atoms with Crippen LogP contribution in [-0.2, 0) is 0 Å². The molecule has 0 bridgehead atoms. The molecule has 0 amide bonds. The van der Waals surface area contributed by atoms with Gasteiger partial charge in [-0.15, -0.1) is 0 Å². The molecule has 0 unspecified atom stereocenters. The third kappa shape index (κ3) is 121. The van der Waals surface area contributed by atoms with E-state index in [9.17, 15) is 0 Å². The maximum absolute atomic E-state index is 2.25. The summed E-state index contributed by atoms with van der Waals surface area (Å²) >= 11 is 0. The largest absolute Gasteiger partial charge is 0.133 e. The Kier molecular flexibility index (Phi) is 93.6. The average Bonchev–Trinajstić information content (AvgIpc) is 2.20. The van der Waals surface area contributed by atoms with E-state index in [4.69, 9.17) is 0 Å². The number of hydrogen-bond donors (Lipinski definition) is 0. The fourth-order valence-electron chi connectivity index (χ4n) is 0.289. The van der Waals surface area contributed by atoms with E-state index >= 15 is 0 Å². The van der Waals surface area contributed by atoms with Gasteiger partial charge in [-0.05, 0) is 0 Å². The summed E-state index contributed by atoms with van der Waals surface area (Å²) in [5.41, 5.74) is 0. The summed E-state index contributed by atoms with van der Waals surface area (Å²) in [6.07, 6.45) is 4.94. The van der Waals surface area contributed by atoms with Crippen molar-refractivity contribution < 1.29 is 0 Å². The van der Waals surface area contributed by atoms with Gasteiger partial charge in [-0.3, -0.25) is 0 Å². The Balaban J connectivity index is -0.0000000247. The van der Waals surface area contributed by atoms with Gasteiger partial charge >= 0.3 is 0 Å². The monoisotopic (exact) mass is 242 g/mol. The van der Waals surface area contributed by atoms with E-state index in [2.05, 4.69) is 62.7 Å². The second-order valence-electron chi connectivity index (χ2n) is 3.72. The molecule has 0 saturated carbocycles. The molecule has 3 heteroatoms. The second kappa shape index (κ2) is 44.2. The van der Waals surface area contributed by atoms with E-state index in [1.54, 1.807) is 0 Å². The van der Waals surface area contributed by atoms with Crippen LogP contribution in [-0.4, -0.2) is 21.3 Å². The fourth-order valence-corrected chi connectivity index (χ4v) is 0.289. The minimum absolute atomic E-state index is 0. The Morgan fingerprint density at radius 2 is 1.00 bits per heavy atom. The van der Waals surface area contributed by atoms with Gasteiger partial charge in [-0.25, -0.2) is 0 Å². The van der Waals surface area contributed by atoms with Gasteiger partial charge in [0.2, 0.25) is 0 Å². The third-order valence-electron chi connectivity index (χ3n) is 1.80. The van der Waals surface area contributed by atoms with Crippen LogP contribution in [0.2, 0.25) is 45.7 Å². The summed E-state index contributed by atoms with van der Waals surface area (Å²) in [4.78, 5) is 0. The van der Waals surface area contributed by atoms with Gasteiger partial charge < -0.3 is 0 Å². The van der Waals surface area contributed by atoms with Crippen LogP contribution in [0.5, 0.6) is 0 Å². The predicted molar refractivity (Wildman–Crippen MR) is 97.0 cm³/mol. The molecular formula is C14H41B3. The first-order valence-corrected chi connectivity index (χ1v) is 6.19. The van der Waals surface area contributed by atoms with Crippen molar-refractivity contribution in [2.45, 2.75) is 95.7 Å². The summed E-state index contributed by atoms with van der Waals surface area (Å²) in [5.74, 6) is 0. The summed E-state index contributed by atoms with van der Waals surface area (Å²) in [6.45, 7) is 16.0. The van der Waals surface area contributed by atoms with Crippen molar-refractivity contribution in [2.24, 2.45) is 0 Å². The van der Waals surface area contributed by atoms with E-state index in [0.29, 0.717) is 0 Å². The molecular weight excluding hydrogens is 201 g/mol. The van der Waals surface area contributed by atoms with E-state index in [-0.39, 0.29) is 22.3 Å². The molecule has 0 aromatic heterocycles. The molecule has 0 aliphatic heterocycles. The Labute approximate surface area is 117 Å². The topological polar surface area (TPSA) is 0 Å². The summed E-state index contributed by atoms with van der Waals surface area (Å²) in [7, 11) is 4.38. The molecule has 106 valence electrons. The lowest BCUT2D eigenvalue weighted by molar-refractivity contribution is 1.36. The smallest absolute Gasteiger partial charge is 0.0920 e. The molecule has 0 fully saturated rings. The third-order valence-corrected chi connectivity index (χ3v) is 1.80. The van der Waals surface area contributed by atoms with Gasteiger partial charge in [0.05, 0.1) is 0 Å². The molecule has 0 aliphatic carbocycles. The highest BCUT2D eigenvalue weighted by Gasteiger charge is 1.86. The molecule has 0 aromatic carbocycles. The molecule has 2 radical (unpaired) electrons. The SMILES string of the molecule is C.C.C.CCB(C)C.CC[B]CC.C[B]CC. The predicted octanol–water partition coefficient (Wildman–Crippen LogP) is 6.41. The first-order chi connectivity index (χ1) is 6.60. The minimum Gasteiger partial charge on any atom is -0.0920 e. The van der Waals surface area contributed by atoms with E-state index in [0.717, 1.165) is 6.71 Å². The van der Waals surface area contributed by atoms with Crippen LogP contribution >= 0.6 is 0 Å². The van der Waals surface area contributed by atoms with Gasteiger partial charge in [-0.2, -0.15) is 0 Å². The van der Waals surface area contributed by atoms with Crippen molar-refractivity contribution in [3.05, 3.63) is 0 Å². The van der Waals surface area contributed by atoms with Gasteiger partial charge in [0, 0.05) is 0 Å². The Morgan fingerprint density at radius 3 is 1.00 bits per heavy atom. The zero-order valence-electron chi connectivity index (χ0n) is 11.6. The zero-order valence-corrected chi connectivity index (χ0v) is 11.6. The van der Waals surface area contributed by atoms with Crippen LogP contribution in [0.3, 0.4) is 0 Å². The highest BCUT2D eigenvalue weighted by molar-refractivity contribution is 6.55. The summed E-state index contributed by atoms with van der Waals surface area (Å²) in [6, 6.07) is 0. The van der Waals surface area contributed by atoms with E-state index < -0.39 is 0 Å². The zero-order chi connectivity index (χ0) is 11.8. The molecule has 17 heavy (non-hydrogen) atoms. The van der Waals surface area contributed by atoms with Gasteiger partial charge in [0.15, 0.2) is 0 Å². The lowest BCUT2D eigenvalue weighted by Gasteiger charge is -1.84. The summed E-state index contributed by atoms with van der Waals surface area (Å²) in [5, 5.41) is 0. The van der Waals surface area contributed by atoms with Gasteiger partial charge in [0.25, 0.3) is 0 Å². The molecule has 0 nitrogen and oxygen atoms in total. The molecule has 0 aromatic rings. The van der Waals surface area contributed by atoms with Gasteiger partial charge in [-0.1, -0.05) is 95.7 Å². The first-order valence-electron chi connectivity index (χ1n) is 6.19. The Morgan fingerprint density at radius 1 is 0.765 bits per heavy atom. The molecule has 0 aliphatic rings. The van der Waals surface area contributed by atoms with Crippen LogP contribution in [0.25, 0.3) is 0 Å². The summed E-state index contributed by atoms with van der Waals surface area (Å²) < 4.78 is 0. The second-order valence-corrected chi connectivity index (χ2v) is 3.72. The van der Waals surface area contributed by atoms with Crippen LogP contribution in [0.15, 0.2) is 0 Å². The standard InChI is InChI=1S/C4H11B.C4H10B.C3H8B.3CH4/c1-4-5(2)3;1-3-5-4-2;1-3-4-2;;;/h4H2,1-3H3;3-4H2,1-2H3;3H2,1-2H3;3*1H4. The van der Waals surface area contributed by atoms with Crippen molar-refractivity contribution in [3.8, 4) is 0 Å². The van der Waals surface area contributed by atoms with Crippen molar-refractivity contribution in [3.63, 3.8) is 0 Å². The Hall–Kier alpha value is 0.195. The van der Waals surface area contributed by atoms with Crippen molar-refractivity contribution in [1.29, 1.82) is 0 Å². The van der Waals surface area contributed by atoms with Crippen LogP contribution in [0.1, 0.15) is 50.0 Å². The molecule has 0 atom stereocenters. The van der Waals surface area contributed by atoms with Crippen molar-refractivity contribution >= 4 is 21.3 Å². The molecule has 0 heterocycles. The van der Waals surface area contributed by atoms with E-state index in [1.807, 2.05) is 0 Å². The fraction of sp³-hybridized carbons (Fsp3) is 1.00. The first kappa shape index (κ1) is 36.0. The number of hydrogen-bond acceptors (Lipinski definition) is 0. The highest BCUT2D eigenvalue weighted by atomic mass is 13.5. The van der Waals surface area contributed by atoms with Crippen molar-refractivity contribution in [1.82, 2.24) is 0 Å². The van der Waals surface area contributed by atoms with Crippen molar-refractivity contribution in [2.75, 3.05) is 0 Å². The van der Waals surface area contributed by atoms with E-state index in [1.165, 1.54) is 25.3 Å². The maximum Gasteiger partial charge on any atom is 0.133 e. The van der Waals surface area contributed by atoms with Crippen LogP contribution in [0, 0.1) is 0 Å². The molecule has 0 N–H and O–H groups in total. The quantitative estimate of drug-likeness (QED) is 0.499. The average molecular weight is 242 g/mol. The lowest BCUT2D eigenvalue weighted by Crippen LogP contribution is -1.92. The molecule has 0 spiro atoms. The maximum atomic E-state index is 2.25. The normalized spacial score (nSPS) is 6.06. The lowest BCUT2D eigenvalue weighted by atomic mass is 9.53.